The zero-order valence-corrected chi connectivity index (χ0v) is 12.7. The Balaban J connectivity index is 2.04. The molecule has 1 saturated heterocycles. The van der Waals surface area contributed by atoms with E-state index in [1.807, 2.05) is 12.1 Å². The number of nitrogens with zero attached hydrogens (tertiary/aromatic N) is 1. The third-order valence-electron chi connectivity index (χ3n) is 4.05. The van der Waals surface area contributed by atoms with Gasteiger partial charge in [-0.2, -0.15) is 0 Å². The van der Waals surface area contributed by atoms with E-state index >= 15 is 0 Å². The lowest BCUT2D eigenvalue weighted by Gasteiger charge is -2.33. The number of carboxylic acid groups (broad SMARTS) is 1. The third-order valence-corrected chi connectivity index (χ3v) is 4.28. The van der Waals surface area contributed by atoms with Gasteiger partial charge in [0.05, 0.1) is 0 Å². The van der Waals surface area contributed by atoms with Gasteiger partial charge < -0.3 is 15.3 Å². The molecule has 1 heterocycles. The zero-order chi connectivity index (χ0) is 15.5. The van der Waals surface area contributed by atoms with Crippen molar-refractivity contribution in [2.24, 2.45) is 0 Å². The molecule has 1 fully saturated rings. The van der Waals surface area contributed by atoms with Crippen molar-refractivity contribution in [3.8, 4) is 0 Å². The highest BCUT2D eigenvalue weighted by Crippen LogP contribution is 2.32. The van der Waals surface area contributed by atoms with Crippen molar-refractivity contribution in [1.82, 2.24) is 10.2 Å². The lowest BCUT2D eigenvalue weighted by Crippen LogP contribution is -2.55. The molecule has 1 aromatic carbocycles. The summed E-state index contributed by atoms with van der Waals surface area (Å²) in [6.45, 7) is 2.60. The molecule has 0 aromatic heterocycles. The maximum Gasteiger partial charge on any atom is 0.329 e. The monoisotopic (exact) mass is 310 g/mol. The van der Waals surface area contributed by atoms with E-state index in [0.29, 0.717) is 37.4 Å². The Hall–Kier alpha value is -1.75. The maximum absolute atomic E-state index is 12.3. The molecular weight excluding hydrogens is 292 g/mol. The average Bonchev–Trinajstić information content (AvgIpc) is 2.90. The first kappa shape index (κ1) is 15.6. The lowest BCUT2D eigenvalue weighted by molar-refractivity contribution is -0.148. The quantitative estimate of drug-likeness (QED) is 0.898. The summed E-state index contributed by atoms with van der Waals surface area (Å²) in [4.78, 5) is 25.3. The van der Waals surface area contributed by atoms with E-state index in [1.165, 1.54) is 4.90 Å². The van der Waals surface area contributed by atoms with Crippen LogP contribution in [-0.2, 0) is 11.3 Å². The van der Waals surface area contributed by atoms with Crippen molar-refractivity contribution in [1.29, 1.82) is 0 Å². The second-order valence-corrected chi connectivity index (χ2v) is 5.67. The maximum atomic E-state index is 12.3. The number of nitrogens with one attached hydrogen (secondary N) is 1. The molecule has 114 valence electrons. The van der Waals surface area contributed by atoms with Crippen LogP contribution in [0.3, 0.4) is 0 Å². The van der Waals surface area contributed by atoms with E-state index in [2.05, 4.69) is 5.32 Å². The van der Waals surface area contributed by atoms with Crippen molar-refractivity contribution in [2.45, 2.75) is 38.3 Å². The highest BCUT2D eigenvalue weighted by molar-refractivity contribution is 6.30. The molecule has 0 aliphatic carbocycles. The zero-order valence-electron chi connectivity index (χ0n) is 11.9. The summed E-state index contributed by atoms with van der Waals surface area (Å²) in [5.41, 5.74) is -0.189. The normalized spacial score (nSPS) is 21.3. The number of amides is 2. The number of halogens is 1. The van der Waals surface area contributed by atoms with Crippen molar-refractivity contribution in [3.05, 3.63) is 34.9 Å². The topological polar surface area (TPSA) is 69.6 Å². The van der Waals surface area contributed by atoms with Gasteiger partial charge in [0.25, 0.3) is 0 Å². The van der Waals surface area contributed by atoms with Crippen LogP contribution >= 0.6 is 11.6 Å². The molecule has 5 nitrogen and oxygen atoms in total. The summed E-state index contributed by atoms with van der Waals surface area (Å²) < 4.78 is 0. The van der Waals surface area contributed by atoms with Gasteiger partial charge in [-0.1, -0.05) is 30.7 Å². The van der Waals surface area contributed by atoms with Crippen LogP contribution in [0.4, 0.5) is 4.79 Å². The molecule has 1 aliphatic heterocycles. The van der Waals surface area contributed by atoms with Crippen LogP contribution in [0.25, 0.3) is 0 Å². The summed E-state index contributed by atoms with van der Waals surface area (Å²) in [5, 5.41) is 12.9. The van der Waals surface area contributed by atoms with Gasteiger partial charge in [0.2, 0.25) is 0 Å². The number of urea groups is 1. The molecule has 0 bridgehead atoms. The number of carbonyl (C=O) groups is 2. The number of benzene rings is 1. The molecule has 1 aliphatic rings. The molecule has 2 rings (SSSR count). The fourth-order valence-electron chi connectivity index (χ4n) is 2.84. The van der Waals surface area contributed by atoms with Crippen LogP contribution in [0.2, 0.25) is 5.02 Å². The number of carbonyl (C=O) groups excluding carboxylic acids is 1. The summed E-state index contributed by atoms with van der Waals surface area (Å²) in [6, 6.07) is 6.88. The second-order valence-electron chi connectivity index (χ2n) is 5.23. The van der Waals surface area contributed by atoms with Crippen molar-refractivity contribution in [3.63, 3.8) is 0 Å². The van der Waals surface area contributed by atoms with E-state index in [9.17, 15) is 14.7 Å². The highest BCUT2D eigenvalue weighted by atomic mass is 35.5. The highest BCUT2D eigenvalue weighted by Gasteiger charge is 2.48. The van der Waals surface area contributed by atoms with Gasteiger partial charge in [-0.25, -0.2) is 9.59 Å². The van der Waals surface area contributed by atoms with E-state index < -0.39 is 11.5 Å². The second kappa shape index (κ2) is 6.35. The molecule has 1 aromatic rings. The number of carboxylic acids is 1. The molecule has 1 unspecified atom stereocenters. The number of hydrogen-bond donors (Lipinski definition) is 2. The first-order chi connectivity index (χ1) is 9.99. The SMILES string of the molecule is CCC1(C(=O)O)CCCN1C(=O)NCc1cccc(Cl)c1. The smallest absolute Gasteiger partial charge is 0.329 e. The predicted octanol–water partition coefficient (Wildman–Crippen LogP) is 2.88. The molecular formula is C15H19ClN2O3. The summed E-state index contributed by atoms with van der Waals surface area (Å²) in [7, 11) is 0. The van der Waals surface area contributed by atoms with Gasteiger partial charge >= 0.3 is 12.0 Å². The minimum Gasteiger partial charge on any atom is -0.479 e. The van der Waals surface area contributed by atoms with Gasteiger partial charge in [-0.15, -0.1) is 0 Å². The van der Waals surface area contributed by atoms with Gasteiger partial charge in [0, 0.05) is 18.1 Å². The Bertz CT molecular complexity index is 549. The van der Waals surface area contributed by atoms with Crippen LogP contribution in [0.15, 0.2) is 24.3 Å². The van der Waals surface area contributed by atoms with Crippen LogP contribution < -0.4 is 5.32 Å². The molecule has 0 spiro atoms. The first-order valence-corrected chi connectivity index (χ1v) is 7.40. The minimum absolute atomic E-state index is 0.329. The molecule has 2 N–H and O–H groups in total. The molecule has 21 heavy (non-hydrogen) atoms. The lowest BCUT2D eigenvalue weighted by atomic mass is 9.93. The van der Waals surface area contributed by atoms with Gasteiger partial charge in [-0.05, 0) is 37.0 Å². The van der Waals surface area contributed by atoms with Gasteiger partial charge in [0.1, 0.15) is 5.54 Å². The molecule has 6 heteroatoms. The summed E-state index contributed by atoms with van der Waals surface area (Å²) in [5.74, 6) is -0.930. The van der Waals surface area contributed by atoms with Crippen LogP contribution in [-0.4, -0.2) is 34.1 Å². The Kier molecular flexibility index (Phi) is 4.73. The van der Waals surface area contributed by atoms with Gasteiger partial charge in [-0.3, -0.25) is 0 Å². The van der Waals surface area contributed by atoms with E-state index in [0.717, 1.165) is 5.56 Å². The van der Waals surface area contributed by atoms with Gasteiger partial charge in [0.15, 0.2) is 0 Å². The Labute approximate surface area is 128 Å². The Morgan fingerprint density at radius 3 is 2.86 bits per heavy atom. The molecule has 0 radical (unpaired) electrons. The fraction of sp³-hybridized carbons (Fsp3) is 0.467. The van der Waals surface area contributed by atoms with Crippen molar-refractivity contribution < 1.29 is 14.7 Å². The summed E-state index contributed by atoms with van der Waals surface area (Å²) in [6.07, 6.45) is 1.63. The van der Waals surface area contributed by atoms with Crippen molar-refractivity contribution in [2.75, 3.05) is 6.54 Å². The molecule has 0 saturated carbocycles. The van der Waals surface area contributed by atoms with Crippen molar-refractivity contribution >= 4 is 23.6 Å². The third kappa shape index (κ3) is 3.13. The number of likely N-dealkylation sites (tertiary alicyclic amines) is 1. The number of aliphatic carboxylic acids is 1. The predicted molar refractivity (Wildman–Crippen MR) is 80.3 cm³/mol. The summed E-state index contributed by atoms with van der Waals surface area (Å²) >= 11 is 5.90. The standard InChI is InChI=1S/C15H19ClN2O3/c1-2-15(13(19)20)7-4-8-18(15)14(21)17-10-11-5-3-6-12(16)9-11/h3,5-6,9H,2,4,7-8,10H2,1H3,(H,17,21)(H,19,20). The Morgan fingerprint density at radius 1 is 1.48 bits per heavy atom. The first-order valence-electron chi connectivity index (χ1n) is 7.03. The largest absolute Gasteiger partial charge is 0.479 e. The fourth-order valence-corrected chi connectivity index (χ4v) is 3.05. The van der Waals surface area contributed by atoms with Crippen LogP contribution in [0.5, 0.6) is 0 Å². The number of rotatable bonds is 4. The number of hydrogen-bond acceptors (Lipinski definition) is 2. The Morgan fingerprint density at radius 2 is 2.24 bits per heavy atom. The van der Waals surface area contributed by atoms with E-state index in [1.54, 1.807) is 19.1 Å². The molecule has 1 atom stereocenters. The van der Waals surface area contributed by atoms with Crippen LogP contribution in [0.1, 0.15) is 31.7 Å². The molecule has 2 amide bonds. The minimum atomic E-state index is -1.07. The van der Waals surface area contributed by atoms with E-state index in [-0.39, 0.29) is 6.03 Å². The average molecular weight is 311 g/mol. The van der Waals surface area contributed by atoms with Crippen LogP contribution in [0, 0.1) is 0 Å². The van der Waals surface area contributed by atoms with E-state index in [4.69, 9.17) is 11.6 Å².